The van der Waals surface area contributed by atoms with Crippen LogP contribution in [0.2, 0.25) is 0 Å². The van der Waals surface area contributed by atoms with Crippen molar-refractivity contribution >= 4 is 18.0 Å². The summed E-state index contributed by atoms with van der Waals surface area (Å²) in [6, 6.07) is 20.9. The Morgan fingerprint density at radius 1 is 0.741 bits per heavy atom. The molecule has 14 nitrogen and oxygen atoms in total. The lowest BCUT2D eigenvalue weighted by atomic mass is 10.1. The molecule has 6 heterocycles. The van der Waals surface area contributed by atoms with Crippen molar-refractivity contribution in [3.05, 3.63) is 103 Å². The highest BCUT2D eigenvalue weighted by molar-refractivity contribution is 5.85. The number of aromatic amines is 2. The molecule has 14 heteroatoms. The van der Waals surface area contributed by atoms with Crippen molar-refractivity contribution in [1.82, 2.24) is 44.9 Å². The number of aromatic nitrogens is 5. The molecule has 0 spiro atoms. The predicted molar refractivity (Wildman–Crippen MR) is 200 cm³/mol. The number of nitrogens with one attached hydrogen (secondary N) is 3. The number of H-pyrrole nitrogens is 2. The Kier molecular flexibility index (Phi) is 10.1. The van der Waals surface area contributed by atoms with Crippen LogP contribution in [-0.2, 0) is 14.3 Å². The Balaban J connectivity index is 0.924. The number of carbonyl (C=O) groups excluding carboxylic acids is 3. The highest BCUT2D eigenvalue weighted by Crippen LogP contribution is 2.36. The molecule has 3 N–H and O–H groups in total. The minimum absolute atomic E-state index is 0.0550. The van der Waals surface area contributed by atoms with Crippen molar-refractivity contribution in [3.63, 3.8) is 0 Å². The van der Waals surface area contributed by atoms with Crippen LogP contribution >= 0.6 is 0 Å². The topological polar surface area (TPSA) is 162 Å². The van der Waals surface area contributed by atoms with Gasteiger partial charge in [-0.3, -0.25) is 9.78 Å². The zero-order chi connectivity index (χ0) is 37.0. The van der Waals surface area contributed by atoms with Crippen molar-refractivity contribution in [2.75, 3.05) is 46.4 Å². The molecule has 3 fully saturated rings. The van der Waals surface area contributed by atoms with Gasteiger partial charge in [0.2, 0.25) is 6.10 Å². The van der Waals surface area contributed by atoms with Gasteiger partial charge in [-0.2, -0.15) is 0 Å². The Hall–Kier alpha value is -6.02. The van der Waals surface area contributed by atoms with Crippen LogP contribution in [0.1, 0.15) is 61.1 Å². The summed E-state index contributed by atoms with van der Waals surface area (Å²) in [6.45, 7) is 3.66. The third-order valence-electron chi connectivity index (χ3n) is 10.5. The van der Waals surface area contributed by atoms with Crippen LogP contribution in [0.3, 0.4) is 0 Å². The Morgan fingerprint density at radius 3 is 2.00 bits per heavy atom. The number of amides is 4. The molecule has 54 heavy (non-hydrogen) atoms. The molecule has 0 unspecified atom stereocenters. The molecule has 5 aromatic rings. The maximum Gasteiger partial charge on any atom is 0.408 e. The number of urea groups is 1. The lowest BCUT2D eigenvalue weighted by Crippen LogP contribution is -2.48. The van der Waals surface area contributed by atoms with Gasteiger partial charge in [0.1, 0.15) is 11.6 Å². The summed E-state index contributed by atoms with van der Waals surface area (Å²) >= 11 is 0. The van der Waals surface area contributed by atoms with Crippen molar-refractivity contribution < 1.29 is 23.9 Å². The van der Waals surface area contributed by atoms with Crippen LogP contribution in [0, 0.1) is 0 Å². The van der Waals surface area contributed by atoms with Crippen LogP contribution in [-0.4, -0.2) is 104 Å². The number of imidazole rings is 2. The fourth-order valence-corrected chi connectivity index (χ4v) is 7.59. The molecular weight excluding hydrogens is 686 g/mol. The number of likely N-dealkylation sites (tertiary alicyclic amines) is 2. The fraction of sp³-hybridized carbons (Fsp3) is 0.350. The molecule has 278 valence electrons. The maximum atomic E-state index is 13.8. The van der Waals surface area contributed by atoms with E-state index < -0.39 is 12.2 Å². The van der Waals surface area contributed by atoms with Gasteiger partial charge in [-0.1, -0.05) is 54.6 Å². The molecule has 3 aromatic heterocycles. The van der Waals surface area contributed by atoms with Crippen molar-refractivity contribution in [3.8, 4) is 33.8 Å². The fourth-order valence-electron chi connectivity index (χ4n) is 7.59. The van der Waals surface area contributed by atoms with E-state index in [9.17, 15) is 14.4 Å². The number of alkyl carbamates (subject to hydrolysis) is 1. The van der Waals surface area contributed by atoms with Crippen LogP contribution in [0.5, 0.6) is 0 Å². The molecule has 3 atom stereocenters. The number of rotatable bonds is 8. The second-order valence-electron chi connectivity index (χ2n) is 13.7. The Labute approximate surface area is 312 Å². The van der Waals surface area contributed by atoms with Crippen molar-refractivity contribution in [1.29, 1.82) is 0 Å². The summed E-state index contributed by atoms with van der Waals surface area (Å²) in [5.41, 5.74) is 5.97. The molecule has 8 rings (SSSR count). The monoisotopic (exact) mass is 729 g/mol. The maximum absolute atomic E-state index is 13.8. The largest absolute Gasteiger partial charge is 0.431 e. The first-order valence-corrected chi connectivity index (χ1v) is 18.5. The van der Waals surface area contributed by atoms with Crippen LogP contribution in [0.4, 0.5) is 9.59 Å². The molecule has 0 saturated carbocycles. The number of ether oxygens (including phenoxy) is 2. The quantitative estimate of drug-likeness (QED) is 0.179. The SMILES string of the molecule is CNC(=O)O[C@@H](C(=O)N1CCC[C@H]1c1ncc(-c2ccc(-c3ccc(-c4cnc([C@@H]5CCCN5C(=O)N5CCOCC5)[nH]4)cn3)cc2)[nH]1)c1ccccc1. The summed E-state index contributed by atoms with van der Waals surface area (Å²) < 4.78 is 11.0. The molecule has 0 radical (unpaired) electrons. The molecule has 3 saturated heterocycles. The average Bonchev–Trinajstić information content (AvgIpc) is 4.07. The number of nitrogens with zero attached hydrogens (tertiary/aromatic N) is 6. The summed E-state index contributed by atoms with van der Waals surface area (Å²) in [7, 11) is 1.47. The first-order chi connectivity index (χ1) is 26.5. The van der Waals surface area contributed by atoms with Crippen LogP contribution < -0.4 is 5.32 Å². The van der Waals surface area contributed by atoms with E-state index in [2.05, 4.69) is 25.3 Å². The Morgan fingerprint density at radius 2 is 1.35 bits per heavy atom. The molecule has 0 aliphatic carbocycles. The van der Waals surface area contributed by atoms with Crippen LogP contribution in [0.15, 0.2) is 85.3 Å². The van der Waals surface area contributed by atoms with E-state index >= 15 is 0 Å². The number of morpholine rings is 1. The van der Waals surface area contributed by atoms with Gasteiger partial charge in [-0.05, 0) is 43.4 Å². The zero-order valence-electron chi connectivity index (χ0n) is 30.1. The summed E-state index contributed by atoms with van der Waals surface area (Å²) in [6.07, 6.45) is 7.09. The van der Waals surface area contributed by atoms with Gasteiger partial charge in [0.25, 0.3) is 5.91 Å². The normalized spacial score (nSPS) is 19.2. The van der Waals surface area contributed by atoms with Crippen LogP contribution in [0.25, 0.3) is 33.8 Å². The molecule has 3 aliphatic heterocycles. The Bertz CT molecular complexity index is 2080. The van der Waals surface area contributed by atoms with E-state index in [1.54, 1.807) is 23.2 Å². The predicted octanol–water partition coefficient (Wildman–Crippen LogP) is 5.88. The standard InChI is InChI=1S/C40H43N9O5/c1-41-39(51)54-35(28-7-3-2-4-8-28)38(50)48-17-5-9-33(48)36-43-24-31(45-36)27-13-11-26(12-14-27)30-16-15-29(23-42-30)32-25-44-37(46-32)34-10-6-18-49(34)40(52)47-19-21-53-22-20-47/h2-4,7-8,11-16,23-25,33-35H,5-6,9-10,17-22H2,1H3,(H,41,51)(H,43,45)(H,44,46)/t33-,34-,35+/m0/s1. The minimum Gasteiger partial charge on any atom is -0.431 e. The minimum atomic E-state index is -1.06. The first-order valence-electron chi connectivity index (χ1n) is 18.5. The van der Waals surface area contributed by atoms with Gasteiger partial charge in [-0.15, -0.1) is 0 Å². The number of hydrogen-bond donors (Lipinski definition) is 3. The second-order valence-corrected chi connectivity index (χ2v) is 13.7. The van der Waals surface area contributed by atoms with Crippen molar-refractivity contribution in [2.45, 2.75) is 43.9 Å². The number of pyridine rings is 1. The summed E-state index contributed by atoms with van der Waals surface area (Å²) in [4.78, 5) is 65.8. The molecule has 3 aliphatic rings. The second kappa shape index (κ2) is 15.5. The van der Waals surface area contributed by atoms with E-state index in [4.69, 9.17) is 14.5 Å². The van der Waals surface area contributed by atoms with Gasteiger partial charge in [-0.25, -0.2) is 19.6 Å². The number of benzene rings is 2. The summed E-state index contributed by atoms with van der Waals surface area (Å²) in [5, 5.41) is 2.45. The highest BCUT2D eigenvalue weighted by atomic mass is 16.6. The molecule has 2 aromatic carbocycles. The van der Waals surface area contributed by atoms with Gasteiger partial charge >= 0.3 is 12.1 Å². The third kappa shape index (κ3) is 7.16. The highest BCUT2D eigenvalue weighted by Gasteiger charge is 2.38. The van der Waals surface area contributed by atoms with E-state index in [1.807, 2.05) is 76.8 Å². The van der Waals surface area contributed by atoms with E-state index in [-0.39, 0.29) is 24.0 Å². The lowest BCUT2D eigenvalue weighted by Gasteiger charge is -2.33. The first kappa shape index (κ1) is 35.0. The number of carbonyl (C=O) groups is 3. The smallest absolute Gasteiger partial charge is 0.408 e. The van der Waals surface area contributed by atoms with Gasteiger partial charge < -0.3 is 39.5 Å². The van der Waals surface area contributed by atoms with Gasteiger partial charge in [0.15, 0.2) is 0 Å². The van der Waals surface area contributed by atoms with E-state index in [0.29, 0.717) is 44.2 Å². The third-order valence-corrected chi connectivity index (χ3v) is 10.5. The average molecular weight is 730 g/mol. The van der Waals surface area contributed by atoms with Gasteiger partial charge in [0.05, 0.1) is 54.8 Å². The molecule has 0 bridgehead atoms. The zero-order valence-corrected chi connectivity index (χ0v) is 30.1. The lowest BCUT2D eigenvalue weighted by molar-refractivity contribution is -0.141. The van der Waals surface area contributed by atoms with E-state index in [1.165, 1.54) is 7.05 Å². The van der Waals surface area contributed by atoms with E-state index in [0.717, 1.165) is 71.8 Å². The molecule has 4 amide bonds. The van der Waals surface area contributed by atoms with Crippen molar-refractivity contribution in [2.24, 2.45) is 0 Å². The summed E-state index contributed by atoms with van der Waals surface area (Å²) in [5.74, 6) is 1.21. The molecular formula is C40H43N9O5. The number of hydrogen-bond acceptors (Lipinski definition) is 8. The van der Waals surface area contributed by atoms with Gasteiger partial charge in [0, 0.05) is 56.1 Å².